The van der Waals surface area contributed by atoms with Crippen LogP contribution in [0.1, 0.15) is 11.5 Å². The molecule has 0 amide bonds. The van der Waals surface area contributed by atoms with Gasteiger partial charge in [0.25, 0.3) is 15.9 Å². The maximum Gasteiger partial charge on any atom is 0.294 e. The highest BCUT2D eigenvalue weighted by atomic mass is 17.0. The summed E-state index contributed by atoms with van der Waals surface area (Å²) >= 11 is 0. The van der Waals surface area contributed by atoms with Gasteiger partial charge in [-0.25, -0.2) is 0 Å². The summed E-state index contributed by atoms with van der Waals surface area (Å²) in [7, 11) is 0. The van der Waals surface area contributed by atoms with Crippen LogP contribution in [0.15, 0.2) is 24.3 Å². The van der Waals surface area contributed by atoms with E-state index in [2.05, 4.69) is 9.68 Å². The average molecular weight is 287 g/mol. The molecule has 1 aromatic carbocycles. The highest BCUT2D eigenvalue weighted by Gasteiger charge is 2.17. The maximum atomic E-state index is 10.5. The summed E-state index contributed by atoms with van der Waals surface area (Å²) in [6, 6.07) is 5.02. The van der Waals surface area contributed by atoms with Crippen LogP contribution in [0.3, 0.4) is 0 Å². The molecule has 1 aromatic rings. The Bertz CT molecular complexity index is 484. The van der Waals surface area contributed by atoms with Gasteiger partial charge < -0.3 is 9.68 Å². The maximum absolute atomic E-state index is 10.5. The predicted octanol–water partition coefficient (Wildman–Crippen LogP) is 1.09. The molecule has 0 N–H and O–H groups in total. The molecule has 0 aromatic heterocycles. The van der Waals surface area contributed by atoms with Gasteiger partial charge in [0.05, 0.1) is 4.92 Å². The molecular weight excluding hydrogens is 278 g/mol. The first-order valence-corrected chi connectivity index (χ1v) is 5.19. The van der Waals surface area contributed by atoms with E-state index in [1.807, 2.05) is 0 Å². The summed E-state index contributed by atoms with van der Waals surface area (Å²) in [4.78, 5) is 38.5. The summed E-state index contributed by atoms with van der Waals surface area (Å²) < 4.78 is 0. The second-order valence-electron chi connectivity index (χ2n) is 3.58. The molecule has 0 saturated heterocycles. The summed E-state index contributed by atoms with van der Waals surface area (Å²) in [6.07, 6.45) is 0. The summed E-state index contributed by atoms with van der Waals surface area (Å²) in [6.45, 7) is -0.919. The summed E-state index contributed by atoms with van der Waals surface area (Å²) in [5.74, 6) is -0.799. The van der Waals surface area contributed by atoms with Crippen molar-refractivity contribution in [3.05, 3.63) is 60.2 Å². The Kier molecular flexibility index (Phi) is 5.14. The molecule has 11 heteroatoms. The molecule has 0 aliphatic heterocycles. The Hall–Kier alpha value is -2.98. The topological polar surface area (TPSA) is 148 Å². The Morgan fingerprint density at radius 3 is 1.70 bits per heavy atom. The second-order valence-corrected chi connectivity index (χ2v) is 3.58. The van der Waals surface area contributed by atoms with Gasteiger partial charge in [0.2, 0.25) is 0 Å². The molecule has 0 fully saturated rings. The lowest BCUT2D eigenvalue weighted by Gasteiger charge is -2.14. The van der Waals surface area contributed by atoms with Crippen molar-refractivity contribution in [1.82, 2.24) is 0 Å². The fourth-order valence-electron chi connectivity index (χ4n) is 1.41. The molecule has 0 atom stereocenters. The van der Waals surface area contributed by atoms with E-state index in [-0.39, 0.29) is 5.69 Å². The van der Waals surface area contributed by atoms with Gasteiger partial charge in [0, 0.05) is 18.1 Å². The largest absolute Gasteiger partial charge is 0.313 e. The molecular formula is C9H9N3O8. The number of benzene rings is 1. The minimum atomic E-state index is -1.04. The fraction of sp³-hybridized carbons (Fsp3) is 0.333. The van der Waals surface area contributed by atoms with E-state index >= 15 is 0 Å². The van der Waals surface area contributed by atoms with Gasteiger partial charge in [-0.05, 0) is 5.56 Å². The molecule has 11 nitrogen and oxygen atoms in total. The molecule has 0 bridgehead atoms. The van der Waals surface area contributed by atoms with Gasteiger partial charge in [0.15, 0.2) is 0 Å². The van der Waals surface area contributed by atoms with Crippen molar-refractivity contribution in [2.75, 3.05) is 13.2 Å². The molecule has 20 heavy (non-hydrogen) atoms. The third-order valence-corrected chi connectivity index (χ3v) is 2.34. The van der Waals surface area contributed by atoms with Gasteiger partial charge >= 0.3 is 0 Å². The van der Waals surface area contributed by atoms with Crippen LogP contribution in [0.2, 0.25) is 0 Å². The van der Waals surface area contributed by atoms with Crippen molar-refractivity contribution in [3.63, 3.8) is 0 Å². The molecule has 0 spiro atoms. The molecule has 0 radical (unpaired) electrons. The SMILES string of the molecule is O=[N+]([O-])OCC(CO[N+](=O)[O-])c1ccc([N+](=O)[O-])cc1. The van der Waals surface area contributed by atoms with Crippen molar-refractivity contribution in [3.8, 4) is 0 Å². The van der Waals surface area contributed by atoms with Crippen LogP contribution in [0.5, 0.6) is 0 Å². The minimum Gasteiger partial charge on any atom is -0.313 e. The van der Waals surface area contributed by atoms with E-state index in [0.29, 0.717) is 5.56 Å². The van der Waals surface area contributed by atoms with Crippen LogP contribution in [-0.4, -0.2) is 28.3 Å². The van der Waals surface area contributed by atoms with E-state index < -0.39 is 34.2 Å². The van der Waals surface area contributed by atoms with Crippen molar-refractivity contribution >= 4 is 5.69 Å². The van der Waals surface area contributed by atoms with Crippen LogP contribution in [-0.2, 0) is 9.68 Å². The number of non-ortho nitro benzene ring substituents is 1. The van der Waals surface area contributed by atoms with E-state index in [9.17, 15) is 30.3 Å². The third-order valence-electron chi connectivity index (χ3n) is 2.34. The van der Waals surface area contributed by atoms with Crippen LogP contribution in [0.25, 0.3) is 0 Å². The summed E-state index contributed by atoms with van der Waals surface area (Å²) in [5, 5.41) is 28.7. The van der Waals surface area contributed by atoms with Crippen molar-refractivity contribution in [1.29, 1.82) is 0 Å². The second kappa shape index (κ2) is 6.82. The Morgan fingerprint density at radius 1 is 0.900 bits per heavy atom. The van der Waals surface area contributed by atoms with Gasteiger partial charge in [-0.1, -0.05) is 12.1 Å². The van der Waals surface area contributed by atoms with Gasteiger partial charge in [0.1, 0.15) is 13.2 Å². The van der Waals surface area contributed by atoms with E-state index in [0.717, 1.165) is 0 Å². The normalized spacial score (nSPS) is 10.1. The zero-order valence-corrected chi connectivity index (χ0v) is 9.91. The fourth-order valence-corrected chi connectivity index (χ4v) is 1.41. The lowest BCUT2D eigenvalue weighted by Crippen LogP contribution is -2.18. The highest BCUT2D eigenvalue weighted by molar-refractivity contribution is 5.34. The number of hydrogen-bond donors (Lipinski definition) is 0. The molecule has 0 unspecified atom stereocenters. The Balaban J connectivity index is 2.81. The summed E-state index contributed by atoms with van der Waals surface area (Å²) in [5.41, 5.74) is 0.220. The van der Waals surface area contributed by atoms with Gasteiger partial charge in [-0.15, -0.1) is 20.2 Å². The molecule has 0 saturated carbocycles. The van der Waals surface area contributed by atoms with Crippen LogP contribution >= 0.6 is 0 Å². The Morgan fingerprint density at radius 2 is 1.35 bits per heavy atom. The van der Waals surface area contributed by atoms with Gasteiger partial charge in [-0.2, -0.15) is 0 Å². The number of rotatable bonds is 8. The van der Waals surface area contributed by atoms with E-state index in [1.54, 1.807) is 0 Å². The third kappa shape index (κ3) is 4.72. The zero-order valence-electron chi connectivity index (χ0n) is 9.91. The average Bonchev–Trinajstić information content (AvgIpc) is 2.38. The quantitative estimate of drug-likeness (QED) is 0.509. The lowest BCUT2D eigenvalue weighted by atomic mass is 10.0. The van der Waals surface area contributed by atoms with Crippen molar-refractivity contribution in [2.45, 2.75) is 5.92 Å². The number of nitro groups is 1. The molecule has 1 rings (SSSR count). The smallest absolute Gasteiger partial charge is 0.294 e. The first-order valence-electron chi connectivity index (χ1n) is 5.19. The first kappa shape index (κ1) is 15.1. The number of hydrogen-bond acceptors (Lipinski definition) is 8. The van der Waals surface area contributed by atoms with Gasteiger partial charge in [-0.3, -0.25) is 10.1 Å². The van der Waals surface area contributed by atoms with Crippen LogP contribution in [0, 0.1) is 30.3 Å². The predicted molar refractivity (Wildman–Crippen MR) is 61.7 cm³/mol. The standard InChI is InChI=1S/C9H9N3O8/c13-10(14)9-3-1-7(2-4-9)8(5-19-11(15)16)6-20-12(17)18/h1-4,8H,5-6H2. The molecule has 108 valence electrons. The number of nitro benzene ring substituents is 1. The monoisotopic (exact) mass is 287 g/mol. The number of nitrogens with zero attached hydrogens (tertiary/aromatic N) is 3. The van der Waals surface area contributed by atoms with Crippen molar-refractivity contribution in [2.24, 2.45) is 0 Å². The van der Waals surface area contributed by atoms with Crippen molar-refractivity contribution < 1.29 is 24.8 Å². The minimum absolute atomic E-state index is 0.169. The van der Waals surface area contributed by atoms with Crippen LogP contribution in [0.4, 0.5) is 5.69 Å². The van der Waals surface area contributed by atoms with Crippen LogP contribution < -0.4 is 0 Å². The highest BCUT2D eigenvalue weighted by Crippen LogP contribution is 2.20. The molecule has 0 aliphatic rings. The molecule has 0 aliphatic carbocycles. The van der Waals surface area contributed by atoms with E-state index in [4.69, 9.17) is 0 Å². The zero-order chi connectivity index (χ0) is 15.1. The first-order chi connectivity index (χ1) is 9.40. The Labute approximate surface area is 111 Å². The lowest BCUT2D eigenvalue weighted by molar-refractivity contribution is -0.767. The molecule has 0 heterocycles. The van der Waals surface area contributed by atoms with E-state index in [1.165, 1.54) is 24.3 Å².